The van der Waals surface area contributed by atoms with Crippen LogP contribution in [0.15, 0.2) is 9.95 Å². The van der Waals surface area contributed by atoms with Crippen LogP contribution in [0.3, 0.4) is 0 Å². The molecule has 0 spiro atoms. The molecule has 8 heteroatoms. The van der Waals surface area contributed by atoms with Crippen molar-refractivity contribution in [2.24, 2.45) is 5.92 Å². The number of rotatable bonds is 7. The van der Waals surface area contributed by atoms with Crippen LogP contribution in [0.1, 0.15) is 55.9 Å². The number of amides is 1. The number of nitrogens with one attached hydrogen (secondary N) is 1. The van der Waals surface area contributed by atoms with Crippen LogP contribution in [0.5, 0.6) is 0 Å². The molecule has 1 saturated carbocycles. The number of fused-ring (bicyclic) bond motifs is 3. The van der Waals surface area contributed by atoms with Gasteiger partial charge in [-0.15, -0.1) is 11.3 Å². The van der Waals surface area contributed by atoms with Crippen molar-refractivity contribution in [3.05, 3.63) is 20.8 Å². The van der Waals surface area contributed by atoms with Gasteiger partial charge in [0.2, 0.25) is 5.91 Å². The molecular formula is C22H31N3O3S2. The zero-order chi connectivity index (χ0) is 21.1. The molecule has 1 N–H and O–H groups in total. The van der Waals surface area contributed by atoms with E-state index in [4.69, 9.17) is 9.72 Å². The van der Waals surface area contributed by atoms with Crippen molar-refractivity contribution in [1.29, 1.82) is 0 Å². The minimum absolute atomic E-state index is 0.0141. The van der Waals surface area contributed by atoms with Crippen molar-refractivity contribution in [2.75, 3.05) is 19.5 Å². The Morgan fingerprint density at radius 1 is 1.27 bits per heavy atom. The first-order valence-electron chi connectivity index (χ1n) is 11.0. The number of hydrogen-bond donors (Lipinski definition) is 1. The summed E-state index contributed by atoms with van der Waals surface area (Å²) in [6, 6.07) is 0.266. The minimum atomic E-state index is 0.0141. The summed E-state index contributed by atoms with van der Waals surface area (Å²) in [5.41, 5.74) is 1.21. The van der Waals surface area contributed by atoms with Gasteiger partial charge in [0.25, 0.3) is 5.56 Å². The van der Waals surface area contributed by atoms with Crippen molar-refractivity contribution in [1.82, 2.24) is 14.9 Å². The van der Waals surface area contributed by atoms with E-state index >= 15 is 0 Å². The van der Waals surface area contributed by atoms with Gasteiger partial charge in [-0.1, -0.05) is 31.5 Å². The molecule has 4 rings (SSSR count). The molecule has 2 heterocycles. The second kappa shape index (κ2) is 9.83. The van der Waals surface area contributed by atoms with Crippen LogP contribution in [0.25, 0.3) is 10.2 Å². The van der Waals surface area contributed by atoms with E-state index in [1.165, 1.54) is 47.9 Å². The number of thiophene rings is 1. The maximum absolute atomic E-state index is 13.4. The molecule has 2 aliphatic rings. The van der Waals surface area contributed by atoms with Crippen molar-refractivity contribution in [3.8, 4) is 0 Å². The Balaban J connectivity index is 1.56. The van der Waals surface area contributed by atoms with Gasteiger partial charge in [-0.2, -0.15) is 0 Å². The normalized spacial score (nSPS) is 21.5. The highest BCUT2D eigenvalue weighted by Gasteiger charge is 2.24. The lowest BCUT2D eigenvalue weighted by Gasteiger charge is -2.29. The van der Waals surface area contributed by atoms with Gasteiger partial charge in [-0.3, -0.25) is 14.2 Å². The fourth-order valence-electron chi connectivity index (χ4n) is 4.62. The molecule has 0 saturated heterocycles. The van der Waals surface area contributed by atoms with Crippen molar-refractivity contribution < 1.29 is 9.53 Å². The van der Waals surface area contributed by atoms with Crippen molar-refractivity contribution >= 4 is 39.2 Å². The van der Waals surface area contributed by atoms with E-state index in [1.807, 2.05) is 0 Å². The number of hydrogen-bond acceptors (Lipinski definition) is 6. The third-order valence-corrected chi connectivity index (χ3v) is 8.51. The lowest BCUT2D eigenvalue weighted by Crippen LogP contribution is -2.42. The molecule has 2 aromatic heterocycles. The average Bonchev–Trinajstić information content (AvgIpc) is 3.12. The van der Waals surface area contributed by atoms with Gasteiger partial charge in [0.1, 0.15) is 4.83 Å². The number of carbonyl (C=O) groups excluding carboxylic acids is 1. The summed E-state index contributed by atoms with van der Waals surface area (Å²) < 4.78 is 6.93. The molecule has 0 aliphatic heterocycles. The van der Waals surface area contributed by atoms with E-state index in [0.717, 1.165) is 35.9 Å². The van der Waals surface area contributed by atoms with Gasteiger partial charge in [-0.25, -0.2) is 4.98 Å². The number of carbonyl (C=O) groups is 1. The molecule has 0 bridgehead atoms. The Morgan fingerprint density at radius 2 is 2.07 bits per heavy atom. The topological polar surface area (TPSA) is 73.2 Å². The molecule has 6 nitrogen and oxygen atoms in total. The summed E-state index contributed by atoms with van der Waals surface area (Å²) >= 11 is 3.02. The summed E-state index contributed by atoms with van der Waals surface area (Å²) in [7, 11) is 1.63. The average molecular weight is 450 g/mol. The number of ether oxygens (including phenoxy) is 1. The zero-order valence-corrected chi connectivity index (χ0v) is 19.5. The Bertz CT molecular complexity index is 969. The minimum Gasteiger partial charge on any atom is -0.383 e. The highest BCUT2D eigenvalue weighted by molar-refractivity contribution is 7.99. The summed E-state index contributed by atoms with van der Waals surface area (Å²) in [5, 5.41) is 4.60. The standard InChI is InChI=1S/C22H31N3O3S2/c1-14-7-3-5-9-16(14)23-18(26)13-29-22-24-20-19(21(27)25(22)11-12-28-2)15-8-4-6-10-17(15)30-20/h14,16H,3-13H2,1-2H3,(H,23,26). The monoisotopic (exact) mass is 449 g/mol. The predicted molar refractivity (Wildman–Crippen MR) is 123 cm³/mol. The van der Waals surface area contributed by atoms with Crippen molar-refractivity contribution in [3.63, 3.8) is 0 Å². The maximum Gasteiger partial charge on any atom is 0.263 e. The Kier molecular flexibility index (Phi) is 7.16. The van der Waals surface area contributed by atoms with Crippen LogP contribution < -0.4 is 10.9 Å². The molecule has 30 heavy (non-hydrogen) atoms. The van der Waals surface area contributed by atoms with Gasteiger partial charge in [0.05, 0.1) is 24.3 Å². The number of aromatic nitrogens is 2. The van der Waals surface area contributed by atoms with Crippen LogP contribution in [0, 0.1) is 5.92 Å². The molecule has 2 unspecified atom stereocenters. The van der Waals surface area contributed by atoms with Crippen LogP contribution in [-0.2, 0) is 28.9 Å². The van der Waals surface area contributed by atoms with Crippen molar-refractivity contribution in [2.45, 2.75) is 76.0 Å². The zero-order valence-electron chi connectivity index (χ0n) is 17.9. The second-order valence-electron chi connectivity index (χ2n) is 8.46. The van der Waals surface area contributed by atoms with Crippen LogP contribution in [0.4, 0.5) is 0 Å². The Labute approximate surface area is 185 Å². The Hall–Kier alpha value is -1.38. The molecular weight excluding hydrogens is 418 g/mol. The number of aryl methyl sites for hydroxylation is 2. The predicted octanol–water partition coefficient (Wildman–Crippen LogP) is 3.77. The summed E-state index contributed by atoms with van der Waals surface area (Å²) in [4.78, 5) is 32.9. The lowest BCUT2D eigenvalue weighted by atomic mass is 9.86. The molecule has 1 amide bonds. The first-order valence-corrected chi connectivity index (χ1v) is 12.8. The fourth-order valence-corrected chi connectivity index (χ4v) is 6.76. The number of thioether (sulfide) groups is 1. The largest absolute Gasteiger partial charge is 0.383 e. The van der Waals surface area contributed by atoms with Crippen LogP contribution >= 0.6 is 23.1 Å². The van der Waals surface area contributed by atoms with Gasteiger partial charge in [-0.05, 0) is 50.0 Å². The smallest absolute Gasteiger partial charge is 0.263 e. The van der Waals surface area contributed by atoms with E-state index in [1.54, 1.807) is 23.0 Å². The van der Waals surface area contributed by atoms with E-state index in [9.17, 15) is 9.59 Å². The lowest BCUT2D eigenvalue weighted by molar-refractivity contribution is -0.119. The maximum atomic E-state index is 13.4. The van der Waals surface area contributed by atoms with E-state index < -0.39 is 0 Å². The quantitative estimate of drug-likeness (QED) is 0.515. The van der Waals surface area contributed by atoms with E-state index in [-0.39, 0.29) is 23.3 Å². The summed E-state index contributed by atoms with van der Waals surface area (Å²) in [5.74, 6) is 0.829. The van der Waals surface area contributed by atoms with E-state index in [0.29, 0.717) is 24.2 Å². The fraction of sp³-hybridized carbons (Fsp3) is 0.682. The first kappa shape index (κ1) is 21.8. The third-order valence-electron chi connectivity index (χ3n) is 6.35. The number of methoxy groups -OCH3 is 1. The summed E-state index contributed by atoms with van der Waals surface area (Å²) in [6.07, 6.45) is 8.98. The highest BCUT2D eigenvalue weighted by atomic mass is 32.2. The highest BCUT2D eigenvalue weighted by Crippen LogP contribution is 2.34. The first-order chi connectivity index (χ1) is 14.6. The molecule has 2 aliphatic carbocycles. The number of nitrogens with zero attached hydrogens (tertiary/aromatic N) is 2. The van der Waals surface area contributed by atoms with Gasteiger partial charge in [0, 0.05) is 18.0 Å². The second-order valence-corrected chi connectivity index (χ2v) is 10.5. The van der Waals surface area contributed by atoms with Gasteiger partial charge in [0.15, 0.2) is 5.16 Å². The molecule has 1 fully saturated rings. The SMILES string of the molecule is COCCn1c(SCC(=O)NC2CCCCC2C)nc2sc3c(c2c1=O)CCCC3. The molecule has 0 aromatic carbocycles. The third kappa shape index (κ3) is 4.60. The van der Waals surface area contributed by atoms with E-state index in [2.05, 4.69) is 12.2 Å². The Morgan fingerprint density at radius 3 is 2.87 bits per heavy atom. The molecule has 2 aromatic rings. The summed E-state index contributed by atoms with van der Waals surface area (Å²) in [6.45, 7) is 3.11. The molecule has 2 atom stereocenters. The van der Waals surface area contributed by atoms with Crippen LogP contribution in [0.2, 0.25) is 0 Å². The van der Waals surface area contributed by atoms with Gasteiger partial charge < -0.3 is 10.1 Å². The molecule has 0 radical (unpaired) electrons. The molecule has 164 valence electrons. The van der Waals surface area contributed by atoms with Gasteiger partial charge >= 0.3 is 0 Å². The van der Waals surface area contributed by atoms with Crippen LogP contribution in [-0.4, -0.2) is 41.0 Å².